The van der Waals surface area contributed by atoms with E-state index < -0.39 is 0 Å². The third kappa shape index (κ3) is 3.47. The Bertz CT molecular complexity index is 537. The Balaban J connectivity index is 1.88. The minimum Gasteiger partial charge on any atom is -0.468 e. The minimum atomic E-state index is 0.167. The summed E-state index contributed by atoms with van der Waals surface area (Å²) < 4.78 is 10.7. The zero-order valence-corrected chi connectivity index (χ0v) is 11.1. The summed E-state index contributed by atoms with van der Waals surface area (Å²) >= 11 is 0. The number of rotatable bonds is 6. The maximum Gasteiger partial charge on any atom is 0.203 e. The van der Waals surface area contributed by atoms with Crippen molar-refractivity contribution in [2.75, 3.05) is 20.6 Å². The number of nitriles is 1. The van der Waals surface area contributed by atoms with Crippen LogP contribution in [-0.4, -0.2) is 25.5 Å². The number of nitrogens with one attached hydrogen (secondary N) is 1. The molecule has 0 saturated heterocycles. The second-order valence-corrected chi connectivity index (χ2v) is 4.50. The van der Waals surface area contributed by atoms with Gasteiger partial charge in [-0.15, -0.1) is 0 Å². The molecule has 5 heteroatoms. The molecule has 2 aromatic rings. The van der Waals surface area contributed by atoms with Gasteiger partial charge in [-0.3, -0.25) is 4.90 Å². The van der Waals surface area contributed by atoms with Gasteiger partial charge in [0.25, 0.3) is 0 Å². The molecule has 0 fully saturated rings. The molecule has 0 radical (unpaired) electrons. The van der Waals surface area contributed by atoms with Gasteiger partial charge in [-0.1, -0.05) is 0 Å². The number of furan rings is 2. The first kappa shape index (κ1) is 13.4. The summed E-state index contributed by atoms with van der Waals surface area (Å²) in [7, 11) is 4.02. The maximum absolute atomic E-state index is 8.68. The lowest BCUT2D eigenvalue weighted by Crippen LogP contribution is -2.30. The van der Waals surface area contributed by atoms with Crippen LogP contribution in [0.4, 0.5) is 0 Å². The fourth-order valence-corrected chi connectivity index (χ4v) is 1.88. The molecule has 0 aliphatic rings. The summed E-state index contributed by atoms with van der Waals surface area (Å²) in [6, 6.07) is 9.47. The summed E-state index contributed by atoms with van der Waals surface area (Å²) in [5, 5.41) is 12.0. The Labute approximate surface area is 112 Å². The van der Waals surface area contributed by atoms with Gasteiger partial charge in [0, 0.05) is 6.54 Å². The van der Waals surface area contributed by atoms with Crippen molar-refractivity contribution in [3.8, 4) is 6.07 Å². The van der Waals surface area contributed by atoms with E-state index in [2.05, 4.69) is 10.2 Å². The summed E-state index contributed by atoms with van der Waals surface area (Å²) in [5.41, 5.74) is 0. The zero-order chi connectivity index (χ0) is 13.7. The maximum atomic E-state index is 8.68. The highest BCUT2D eigenvalue weighted by Crippen LogP contribution is 2.17. The topological polar surface area (TPSA) is 65.3 Å². The van der Waals surface area contributed by atoms with Crippen LogP contribution in [0.25, 0.3) is 0 Å². The summed E-state index contributed by atoms with van der Waals surface area (Å²) in [4.78, 5) is 2.09. The van der Waals surface area contributed by atoms with Crippen molar-refractivity contribution in [2.24, 2.45) is 0 Å². The molecule has 5 nitrogen and oxygen atoms in total. The molecule has 2 heterocycles. The van der Waals surface area contributed by atoms with Crippen LogP contribution >= 0.6 is 0 Å². The average Bonchev–Trinajstić information content (AvgIpc) is 3.05. The molecule has 2 rings (SSSR count). The standard InChI is InChI=1S/C14H17N3O2/c1-17(2)13(14-4-3-7-18-14)10-16-9-12-6-5-11(8-15)19-12/h3-7,13,16H,9-10H2,1-2H3. The Hall–Kier alpha value is -2.03. The molecular weight excluding hydrogens is 242 g/mol. The Morgan fingerprint density at radius 3 is 2.79 bits per heavy atom. The van der Waals surface area contributed by atoms with E-state index >= 15 is 0 Å². The summed E-state index contributed by atoms with van der Waals surface area (Å²) in [5.74, 6) is 2.02. The van der Waals surface area contributed by atoms with Gasteiger partial charge in [-0.05, 0) is 38.4 Å². The summed E-state index contributed by atoms with van der Waals surface area (Å²) in [6.45, 7) is 1.33. The van der Waals surface area contributed by atoms with Crippen molar-refractivity contribution in [1.29, 1.82) is 5.26 Å². The van der Waals surface area contributed by atoms with E-state index in [0.717, 1.165) is 18.1 Å². The Morgan fingerprint density at radius 2 is 2.21 bits per heavy atom. The molecule has 0 bridgehead atoms. The summed E-state index contributed by atoms with van der Waals surface area (Å²) in [6.07, 6.45) is 1.68. The van der Waals surface area contributed by atoms with Gasteiger partial charge in [-0.2, -0.15) is 5.26 Å². The molecule has 0 aliphatic carbocycles. The predicted octanol–water partition coefficient (Wildman–Crippen LogP) is 2.14. The Kier molecular flexibility index (Phi) is 4.39. The van der Waals surface area contributed by atoms with Crippen LogP contribution in [0.2, 0.25) is 0 Å². The number of likely N-dealkylation sites (N-methyl/N-ethyl adjacent to an activating group) is 1. The van der Waals surface area contributed by atoms with Crippen LogP contribution in [0.1, 0.15) is 23.3 Å². The zero-order valence-electron chi connectivity index (χ0n) is 11.1. The van der Waals surface area contributed by atoms with Gasteiger partial charge in [0.05, 0.1) is 18.8 Å². The van der Waals surface area contributed by atoms with Crippen LogP contribution in [0.15, 0.2) is 39.4 Å². The third-order valence-corrected chi connectivity index (χ3v) is 2.90. The molecule has 1 atom stereocenters. The van der Waals surface area contributed by atoms with E-state index in [9.17, 15) is 0 Å². The van der Waals surface area contributed by atoms with Crippen LogP contribution in [0.3, 0.4) is 0 Å². The molecule has 0 aliphatic heterocycles. The minimum absolute atomic E-state index is 0.167. The highest BCUT2D eigenvalue weighted by molar-refractivity contribution is 5.19. The molecule has 0 spiro atoms. The van der Waals surface area contributed by atoms with Crippen molar-refractivity contribution in [2.45, 2.75) is 12.6 Å². The van der Waals surface area contributed by atoms with Gasteiger partial charge in [-0.25, -0.2) is 0 Å². The Morgan fingerprint density at radius 1 is 1.37 bits per heavy atom. The van der Waals surface area contributed by atoms with E-state index in [1.807, 2.05) is 38.4 Å². The first-order valence-electron chi connectivity index (χ1n) is 6.10. The molecule has 0 saturated carbocycles. The van der Waals surface area contributed by atoms with Gasteiger partial charge in [0.1, 0.15) is 17.6 Å². The van der Waals surface area contributed by atoms with Gasteiger partial charge < -0.3 is 14.2 Å². The molecule has 1 N–H and O–H groups in total. The molecule has 1 unspecified atom stereocenters. The van der Waals surface area contributed by atoms with Crippen molar-refractivity contribution in [3.05, 3.63) is 47.8 Å². The second kappa shape index (κ2) is 6.23. The highest BCUT2D eigenvalue weighted by atomic mass is 16.3. The van der Waals surface area contributed by atoms with E-state index in [4.69, 9.17) is 14.1 Å². The molecule has 19 heavy (non-hydrogen) atoms. The van der Waals surface area contributed by atoms with Crippen molar-refractivity contribution >= 4 is 0 Å². The number of hydrogen-bond donors (Lipinski definition) is 1. The highest BCUT2D eigenvalue weighted by Gasteiger charge is 2.16. The lowest BCUT2D eigenvalue weighted by molar-refractivity contribution is 0.248. The first-order valence-corrected chi connectivity index (χ1v) is 6.10. The van der Waals surface area contributed by atoms with Gasteiger partial charge in [0.2, 0.25) is 5.76 Å². The second-order valence-electron chi connectivity index (χ2n) is 4.50. The number of nitrogens with zero attached hydrogens (tertiary/aromatic N) is 2. The van der Waals surface area contributed by atoms with Crippen LogP contribution in [-0.2, 0) is 6.54 Å². The lowest BCUT2D eigenvalue weighted by Gasteiger charge is -2.22. The monoisotopic (exact) mass is 259 g/mol. The predicted molar refractivity (Wildman–Crippen MR) is 70.3 cm³/mol. The van der Waals surface area contributed by atoms with Crippen molar-refractivity contribution in [1.82, 2.24) is 10.2 Å². The van der Waals surface area contributed by atoms with Crippen LogP contribution in [0.5, 0.6) is 0 Å². The molecular formula is C14H17N3O2. The molecule has 0 aromatic carbocycles. The molecule has 0 amide bonds. The van der Waals surface area contributed by atoms with E-state index in [1.54, 1.807) is 12.3 Å². The van der Waals surface area contributed by atoms with Crippen molar-refractivity contribution in [3.63, 3.8) is 0 Å². The molecule has 100 valence electrons. The fourth-order valence-electron chi connectivity index (χ4n) is 1.88. The third-order valence-electron chi connectivity index (χ3n) is 2.90. The SMILES string of the molecule is CN(C)C(CNCc1ccc(C#N)o1)c1ccco1. The van der Waals surface area contributed by atoms with E-state index in [-0.39, 0.29) is 6.04 Å². The quantitative estimate of drug-likeness (QED) is 0.861. The lowest BCUT2D eigenvalue weighted by atomic mass is 10.2. The first-order chi connectivity index (χ1) is 9.20. The molecule has 2 aromatic heterocycles. The van der Waals surface area contributed by atoms with Gasteiger partial charge >= 0.3 is 0 Å². The smallest absolute Gasteiger partial charge is 0.203 e. The van der Waals surface area contributed by atoms with E-state index in [1.165, 1.54) is 0 Å². The van der Waals surface area contributed by atoms with Gasteiger partial charge in [0.15, 0.2) is 0 Å². The van der Waals surface area contributed by atoms with Crippen LogP contribution < -0.4 is 5.32 Å². The van der Waals surface area contributed by atoms with Crippen LogP contribution in [0, 0.1) is 11.3 Å². The number of hydrogen-bond acceptors (Lipinski definition) is 5. The largest absolute Gasteiger partial charge is 0.468 e. The van der Waals surface area contributed by atoms with Crippen molar-refractivity contribution < 1.29 is 8.83 Å². The van der Waals surface area contributed by atoms with E-state index in [0.29, 0.717) is 12.3 Å². The normalized spacial score (nSPS) is 12.5. The average molecular weight is 259 g/mol. The fraction of sp³-hybridized carbons (Fsp3) is 0.357.